The molecule has 3 nitrogen and oxygen atoms in total. The van der Waals surface area contributed by atoms with Crippen LogP contribution in [0.3, 0.4) is 0 Å². The van der Waals surface area contributed by atoms with E-state index in [0.29, 0.717) is 12.3 Å². The van der Waals surface area contributed by atoms with Crippen molar-refractivity contribution in [3.63, 3.8) is 0 Å². The number of hydrogen-bond acceptors (Lipinski definition) is 3. The largest absolute Gasteiger partial charge is 0.302 e. The minimum absolute atomic E-state index is 0.0453. The van der Waals surface area contributed by atoms with Gasteiger partial charge in [-0.1, -0.05) is 0 Å². The Morgan fingerprint density at radius 2 is 2.27 bits per heavy atom. The average molecular weight is 245 g/mol. The van der Waals surface area contributed by atoms with Crippen molar-refractivity contribution in [3.8, 4) is 0 Å². The lowest BCUT2D eigenvalue weighted by atomic mass is 10.0. The summed E-state index contributed by atoms with van der Waals surface area (Å²) in [5, 5.41) is 3.52. The van der Waals surface area contributed by atoms with Crippen LogP contribution in [-0.2, 0) is 17.6 Å². The van der Waals surface area contributed by atoms with E-state index in [1.807, 2.05) is 0 Å². The number of nitrogens with zero attached hydrogens (tertiary/aromatic N) is 1. The molecule has 0 aliphatic heterocycles. The minimum atomic E-state index is -0.0453. The smallest absolute Gasteiger partial charge is 0.227 e. The highest BCUT2D eigenvalue weighted by Gasteiger charge is 2.15. The Morgan fingerprint density at radius 1 is 1.47 bits per heavy atom. The molecular formula is C10H13ClN2OS. The van der Waals surface area contributed by atoms with Gasteiger partial charge in [-0.05, 0) is 25.7 Å². The number of carbonyl (C=O) groups excluding carboxylic acids is 1. The van der Waals surface area contributed by atoms with Crippen molar-refractivity contribution in [2.75, 3.05) is 11.2 Å². The summed E-state index contributed by atoms with van der Waals surface area (Å²) >= 11 is 7.09. The van der Waals surface area contributed by atoms with Crippen molar-refractivity contribution in [1.29, 1.82) is 0 Å². The van der Waals surface area contributed by atoms with Crippen LogP contribution in [0.25, 0.3) is 0 Å². The second kappa shape index (κ2) is 4.94. The van der Waals surface area contributed by atoms with Gasteiger partial charge >= 0.3 is 0 Å². The highest BCUT2D eigenvalue weighted by Crippen LogP contribution is 2.29. The SMILES string of the molecule is O=C(CCCl)Nc1nc2c(s1)CCCC2. The number of hydrogen-bond donors (Lipinski definition) is 1. The molecule has 0 saturated carbocycles. The van der Waals surface area contributed by atoms with Gasteiger partial charge in [-0.3, -0.25) is 4.79 Å². The molecule has 0 unspecified atom stereocenters. The van der Waals surface area contributed by atoms with E-state index in [9.17, 15) is 4.79 Å². The number of amides is 1. The highest BCUT2D eigenvalue weighted by atomic mass is 35.5. The molecule has 1 aliphatic carbocycles. The summed E-state index contributed by atoms with van der Waals surface area (Å²) < 4.78 is 0. The summed E-state index contributed by atoms with van der Waals surface area (Å²) in [6, 6.07) is 0. The topological polar surface area (TPSA) is 42.0 Å². The summed E-state index contributed by atoms with van der Waals surface area (Å²) in [6.07, 6.45) is 4.97. The zero-order valence-electron chi connectivity index (χ0n) is 8.38. The number of aryl methyl sites for hydroxylation is 2. The fourth-order valence-electron chi connectivity index (χ4n) is 1.67. The van der Waals surface area contributed by atoms with E-state index in [1.165, 1.54) is 23.4 Å². The Labute approximate surface area is 97.9 Å². The van der Waals surface area contributed by atoms with E-state index >= 15 is 0 Å². The normalized spacial score (nSPS) is 14.7. The van der Waals surface area contributed by atoms with E-state index in [4.69, 9.17) is 11.6 Å². The Hall–Kier alpha value is -0.610. The van der Waals surface area contributed by atoms with Gasteiger partial charge in [0.2, 0.25) is 5.91 Å². The van der Waals surface area contributed by atoms with Gasteiger partial charge in [0.15, 0.2) is 5.13 Å². The average Bonchev–Trinajstić information content (AvgIpc) is 2.59. The zero-order valence-corrected chi connectivity index (χ0v) is 9.96. The van der Waals surface area contributed by atoms with E-state index < -0.39 is 0 Å². The third-order valence-corrected chi connectivity index (χ3v) is 3.68. The molecule has 82 valence electrons. The molecule has 0 spiro atoms. The van der Waals surface area contributed by atoms with Crippen LogP contribution in [0.15, 0.2) is 0 Å². The van der Waals surface area contributed by atoms with Gasteiger partial charge in [0.1, 0.15) is 0 Å². The van der Waals surface area contributed by atoms with E-state index in [0.717, 1.165) is 18.0 Å². The second-order valence-electron chi connectivity index (χ2n) is 3.58. The minimum Gasteiger partial charge on any atom is -0.302 e. The van der Waals surface area contributed by atoms with Gasteiger partial charge in [0.05, 0.1) is 5.69 Å². The molecule has 1 heterocycles. The number of thiazole rings is 1. The van der Waals surface area contributed by atoms with Gasteiger partial charge in [-0.15, -0.1) is 22.9 Å². The van der Waals surface area contributed by atoms with Crippen LogP contribution in [0, 0.1) is 0 Å². The highest BCUT2D eigenvalue weighted by molar-refractivity contribution is 7.15. The molecule has 1 aliphatic rings. The van der Waals surface area contributed by atoms with Gasteiger partial charge in [0, 0.05) is 17.2 Å². The number of nitrogens with one attached hydrogen (secondary N) is 1. The van der Waals surface area contributed by atoms with Crippen LogP contribution < -0.4 is 5.32 Å². The molecule has 1 aromatic rings. The Kier molecular flexibility index (Phi) is 3.59. The summed E-state index contributed by atoms with van der Waals surface area (Å²) in [7, 11) is 0. The van der Waals surface area contributed by atoms with Gasteiger partial charge in [-0.2, -0.15) is 0 Å². The molecule has 1 N–H and O–H groups in total. The Bertz CT molecular complexity index is 341. The molecule has 0 bridgehead atoms. The van der Waals surface area contributed by atoms with Crippen LogP contribution in [0.4, 0.5) is 5.13 Å². The van der Waals surface area contributed by atoms with Crippen molar-refractivity contribution in [3.05, 3.63) is 10.6 Å². The molecule has 15 heavy (non-hydrogen) atoms. The third kappa shape index (κ3) is 2.69. The summed E-state index contributed by atoms with van der Waals surface area (Å²) in [5.41, 5.74) is 1.17. The van der Waals surface area contributed by atoms with E-state index in [-0.39, 0.29) is 5.91 Å². The number of fused-ring (bicyclic) bond motifs is 1. The first-order valence-corrected chi connectivity index (χ1v) is 6.49. The van der Waals surface area contributed by atoms with E-state index in [2.05, 4.69) is 10.3 Å². The zero-order chi connectivity index (χ0) is 10.7. The van der Waals surface area contributed by atoms with Gasteiger partial charge in [0.25, 0.3) is 0 Å². The maximum Gasteiger partial charge on any atom is 0.227 e. The summed E-state index contributed by atoms with van der Waals surface area (Å²) in [4.78, 5) is 17.0. The molecule has 0 fully saturated rings. The van der Waals surface area contributed by atoms with Gasteiger partial charge < -0.3 is 5.32 Å². The quantitative estimate of drug-likeness (QED) is 0.831. The number of aromatic nitrogens is 1. The third-order valence-electron chi connectivity index (χ3n) is 2.41. The predicted octanol–water partition coefficient (Wildman–Crippen LogP) is 2.59. The van der Waals surface area contributed by atoms with E-state index in [1.54, 1.807) is 11.3 Å². The number of anilines is 1. The first-order chi connectivity index (χ1) is 7.29. The van der Waals surface area contributed by atoms with Gasteiger partial charge in [-0.25, -0.2) is 4.98 Å². The molecule has 1 aromatic heterocycles. The fourth-order valence-corrected chi connectivity index (χ4v) is 2.91. The molecule has 0 atom stereocenters. The van der Waals surface area contributed by atoms with Crippen LogP contribution in [-0.4, -0.2) is 16.8 Å². The molecule has 5 heteroatoms. The number of rotatable bonds is 3. The molecule has 0 aromatic carbocycles. The molecule has 2 rings (SSSR count). The maximum absolute atomic E-state index is 11.3. The molecule has 1 amide bonds. The van der Waals surface area contributed by atoms with Crippen molar-refractivity contribution in [2.24, 2.45) is 0 Å². The van der Waals surface area contributed by atoms with Crippen LogP contribution in [0.1, 0.15) is 29.8 Å². The standard InChI is InChI=1S/C10H13ClN2OS/c11-6-5-9(14)13-10-12-7-3-1-2-4-8(7)15-10/h1-6H2,(H,12,13,14). The molecule has 0 radical (unpaired) electrons. The van der Waals surface area contributed by atoms with Crippen molar-refractivity contribution in [1.82, 2.24) is 4.98 Å². The maximum atomic E-state index is 11.3. The Morgan fingerprint density at radius 3 is 3.00 bits per heavy atom. The van der Waals surface area contributed by atoms with Crippen LogP contribution >= 0.6 is 22.9 Å². The predicted molar refractivity (Wildman–Crippen MR) is 62.7 cm³/mol. The van der Waals surface area contributed by atoms with Crippen molar-refractivity contribution in [2.45, 2.75) is 32.1 Å². The molecular weight excluding hydrogens is 232 g/mol. The number of alkyl halides is 1. The lowest BCUT2D eigenvalue weighted by Gasteiger charge is -2.06. The Balaban J connectivity index is 2.03. The molecule has 0 saturated heterocycles. The second-order valence-corrected chi connectivity index (χ2v) is 5.04. The monoisotopic (exact) mass is 244 g/mol. The van der Waals surface area contributed by atoms with Crippen LogP contribution in [0.5, 0.6) is 0 Å². The number of carbonyl (C=O) groups is 1. The van der Waals surface area contributed by atoms with Crippen LogP contribution in [0.2, 0.25) is 0 Å². The fraction of sp³-hybridized carbons (Fsp3) is 0.600. The van der Waals surface area contributed by atoms with Crippen molar-refractivity contribution < 1.29 is 4.79 Å². The first kappa shape index (κ1) is 10.9. The lowest BCUT2D eigenvalue weighted by molar-refractivity contribution is -0.115. The lowest BCUT2D eigenvalue weighted by Crippen LogP contribution is -2.11. The summed E-state index contributed by atoms with van der Waals surface area (Å²) in [5.74, 6) is 0.313. The summed E-state index contributed by atoms with van der Waals surface area (Å²) in [6.45, 7) is 0. The number of halogens is 1. The van der Waals surface area contributed by atoms with Crippen molar-refractivity contribution >= 4 is 34.0 Å². The first-order valence-electron chi connectivity index (χ1n) is 5.14.